The number of amides is 2. The molecule has 30 heavy (non-hydrogen) atoms. The first-order chi connectivity index (χ1) is 14.5. The molecule has 6 heteroatoms. The van der Waals surface area contributed by atoms with Crippen LogP contribution in [0.15, 0.2) is 60.3 Å². The van der Waals surface area contributed by atoms with E-state index < -0.39 is 0 Å². The highest BCUT2D eigenvalue weighted by molar-refractivity contribution is 6.35. The van der Waals surface area contributed by atoms with Crippen molar-refractivity contribution in [1.29, 1.82) is 0 Å². The summed E-state index contributed by atoms with van der Waals surface area (Å²) in [6.45, 7) is 5.30. The SMILES string of the molecule is COc1ccccc1C1=C(N2CC(C)OC(C)C2)C(=O)N(Cc2ccccc2)C1=O. The van der Waals surface area contributed by atoms with E-state index in [1.165, 1.54) is 4.90 Å². The molecule has 6 nitrogen and oxygen atoms in total. The quantitative estimate of drug-likeness (QED) is 0.715. The Labute approximate surface area is 176 Å². The first-order valence-corrected chi connectivity index (χ1v) is 10.2. The van der Waals surface area contributed by atoms with Gasteiger partial charge < -0.3 is 14.4 Å². The Morgan fingerprint density at radius 3 is 2.23 bits per heavy atom. The van der Waals surface area contributed by atoms with Crippen LogP contribution < -0.4 is 4.74 Å². The third-order valence-electron chi connectivity index (χ3n) is 5.44. The zero-order valence-corrected chi connectivity index (χ0v) is 17.5. The number of rotatable bonds is 5. The summed E-state index contributed by atoms with van der Waals surface area (Å²) in [5.41, 5.74) is 2.37. The summed E-state index contributed by atoms with van der Waals surface area (Å²) in [6, 6.07) is 16.9. The lowest BCUT2D eigenvalue weighted by atomic mass is 10.0. The Kier molecular flexibility index (Phi) is 5.59. The molecular weight excluding hydrogens is 380 g/mol. The van der Waals surface area contributed by atoms with Gasteiger partial charge in [0.15, 0.2) is 0 Å². The molecule has 2 heterocycles. The predicted molar refractivity (Wildman–Crippen MR) is 113 cm³/mol. The number of carbonyl (C=O) groups is 2. The predicted octanol–water partition coefficient (Wildman–Crippen LogP) is 3.08. The highest BCUT2D eigenvalue weighted by atomic mass is 16.5. The Morgan fingerprint density at radius 1 is 0.933 bits per heavy atom. The zero-order valence-electron chi connectivity index (χ0n) is 17.5. The number of imide groups is 1. The van der Waals surface area contributed by atoms with Crippen LogP contribution in [-0.2, 0) is 20.9 Å². The second kappa shape index (κ2) is 8.32. The number of para-hydroxylation sites is 1. The summed E-state index contributed by atoms with van der Waals surface area (Å²) in [6.07, 6.45) is -0.0718. The van der Waals surface area contributed by atoms with Gasteiger partial charge in [-0.25, -0.2) is 0 Å². The summed E-state index contributed by atoms with van der Waals surface area (Å²) < 4.78 is 11.4. The van der Waals surface area contributed by atoms with Gasteiger partial charge in [-0.1, -0.05) is 48.5 Å². The average molecular weight is 406 g/mol. The number of benzene rings is 2. The summed E-state index contributed by atoms with van der Waals surface area (Å²) in [7, 11) is 1.57. The van der Waals surface area contributed by atoms with E-state index in [0.717, 1.165) is 5.56 Å². The fraction of sp³-hybridized carbons (Fsp3) is 0.333. The Morgan fingerprint density at radius 2 is 1.57 bits per heavy atom. The number of methoxy groups -OCH3 is 1. The molecule has 2 amide bonds. The molecule has 2 aliphatic rings. The largest absolute Gasteiger partial charge is 0.496 e. The van der Waals surface area contributed by atoms with Gasteiger partial charge in [-0.3, -0.25) is 14.5 Å². The highest BCUT2D eigenvalue weighted by Crippen LogP contribution is 2.37. The first kappa shape index (κ1) is 20.2. The summed E-state index contributed by atoms with van der Waals surface area (Å²) in [5.74, 6) is 0.00303. The lowest BCUT2D eigenvalue weighted by molar-refractivity contribution is -0.139. The summed E-state index contributed by atoms with van der Waals surface area (Å²) in [4.78, 5) is 30.4. The van der Waals surface area contributed by atoms with Crippen LogP contribution in [0.4, 0.5) is 0 Å². The molecule has 2 aliphatic heterocycles. The fourth-order valence-corrected chi connectivity index (χ4v) is 4.22. The lowest BCUT2D eigenvalue weighted by Gasteiger charge is -2.37. The van der Waals surface area contributed by atoms with Gasteiger partial charge in [0.25, 0.3) is 11.8 Å². The fourth-order valence-electron chi connectivity index (χ4n) is 4.22. The number of ether oxygens (including phenoxy) is 2. The van der Waals surface area contributed by atoms with Crippen molar-refractivity contribution in [3.63, 3.8) is 0 Å². The number of morpholine rings is 1. The standard InChI is InChI=1S/C24H26N2O4/c1-16-13-25(14-17(2)30-16)22-21(19-11-7-8-12-20(19)29-3)23(27)26(24(22)28)15-18-9-5-4-6-10-18/h4-12,16-17H,13-15H2,1-3H3. The Hall–Kier alpha value is -3.12. The van der Waals surface area contributed by atoms with E-state index in [1.807, 2.05) is 73.3 Å². The zero-order chi connectivity index (χ0) is 21.3. The second-order valence-electron chi connectivity index (χ2n) is 7.77. The van der Waals surface area contributed by atoms with E-state index >= 15 is 0 Å². The molecule has 0 N–H and O–H groups in total. The highest BCUT2D eigenvalue weighted by Gasteiger charge is 2.43. The van der Waals surface area contributed by atoms with E-state index in [1.54, 1.807) is 7.11 Å². The minimum Gasteiger partial charge on any atom is -0.496 e. The molecular formula is C24H26N2O4. The minimum atomic E-state index is -0.296. The lowest BCUT2D eigenvalue weighted by Crippen LogP contribution is -2.46. The second-order valence-corrected chi connectivity index (χ2v) is 7.77. The van der Waals surface area contributed by atoms with Gasteiger partial charge >= 0.3 is 0 Å². The molecule has 0 aliphatic carbocycles. The van der Waals surface area contributed by atoms with E-state index in [-0.39, 0.29) is 30.6 Å². The van der Waals surface area contributed by atoms with E-state index in [0.29, 0.717) is 35.7 Å². The first-order valence-electron chi connectivity index (χ1n) is 10.2. The van der Waals surface area contributed by atoms with Crippen LogP contribution in [0, 0.1) is 0 Å². The molecule has 1 fully saturated rings. The van der Waals surface area contributed by atoms with Crippen molar-refractivity contribution < 1.29 is 19.1 Å². The minimum absolute atomic E-state index is 0.0359. The summed E-state index contributed by atoms with van der Waals surface area (Å²) in [5, 5.41) is 0. The van der Waals surface area contributed by atoms with Gasteiger partial charge in [0.1, 0.15) is 11.4 Å². The third-order valence-corrected chi connectivity index (χ3v) is 5.44. The molecule has 2 atom stereocenters. The van der Waals surface area contributed by atoms with Gasteiger partial charge in [0, 0.05) is 18.7 Å². The molecule has 0 saturated carbocycles. The molecule has 0 radical (unpaired) electrons. The van der Waals surface area contributed by atoms with Crippen molar-refractivity contribution in [2.24, 2.45) is 0 Å². The van der Waals surface area contributed by atoms with Crippen molar-refractivity contribution in [3.05, 3.63) is 71.4 Å². The van der Waals surface area contributed by atoms with Crippen LogP contribution in [0.1, 0.15) is 25.0 Å². The molecule has 0 aromatic heterocycles. The van der Waals surface area contributed by atoms with Gasteiger partial charge in [-0.15, -0.1) is 0 Å². The molecule has 156 valence electrons. The van der Waals surface area contributed by atoms with Gasteiger partial charge in [-0.05, 0) is 25.5 Å². The molecule has 2 aromatic rings. The van der Waals surface area contributed by atoms with Crippen molar-refractivity contribution >= 4 is 17.4 Å². The van der Waals surface area contributed by atoms with Gasteiger partial charge in [0.2, 0.25) is 0 Å². The smallest absolute Gasteiger partial charge is 0.278 e. The van der Waals surface area contributed by atoms with Crippen LogP contribution in [0.2, 0.25) is 0 Å². The molecule has 0 bridgehead atoms. The maximum absolute atomic E-state index is 13.5. The van der Waals surface area contributed by atoms with Crippen LogP contribution in [0.3, 0.4) is 0 Å². The maximum atomic E-state index is 13.5. The monoisotopic (exact) mass is 406 g/mol. The Balaban J connectivity index is 1.80. The molecule has 1 saturated heterocycles. The normalized spacial score (nSPS) is 22.1. The van der Waals surface area contributed by atoms with E-state index in [9.17, 15) is 9.59 Å². The number of hydrogen-bond donors (Lipinski definition) is 0. The third kappa shape index (κ3) is 3.71. The number of hydrogen-bond acceptors (Lipinski definition) is 5. The van der Waals surface area contributed by atoms with Crippen LogP contribution in [0.25, 0.3) is 5.57 Å². The average Bonchev–Trinajstić information content (AvgIpc) is 2.98. The molecule has 0 spiro atoms. The van der Waals surface area contributed by atoms with Crippen LogP contribution >= 0.6 is 0 Å². The van der Waals surface area contributed by atoms with Crippen molar-refractivity contribution in [3.8, 4) is 5.75 Å². The van der Waals surface area contributed by atoms with Crippen molar-refractivity contribution in [2.45, 2.75) is 32.6 Å². The topological polar surface area (TPSA) is 59.1 Å². The summed E-state index contributed by atoms with van der Waals surface area (Å²) >= 11 is 0. The number of nitrogens with zero attached hydrogens (tertiary/aromatic N) is 2. The van der Waals surface area contributed by atoms with Crippen molar-refractivity contribution in [2.75, 3.05) is 20.2 Å². The van der Waals surface area contributed by atoms with Gasteiger partial charge in [-0.2, -0.15) is 0 Å². The molecule has 2 unspecified atom stereocenters. The maximum Gasteiger partial charge on any atom is 0.278 e. The van der Waals surface area contributed by atoms with Crippen LogP contribution in [-0.4, -0.2) is 54.0 Å². The van der Waals surface area contributed by atoms with E-state index in [2.05, 4.69) is 0 Å². The van der Waals surface area contributed by atoms with Crippen LogP contribution in [0.5, 0.6) is 5.75 Å². The van der Waals surface area contributed by atoms with Crippen molar-refractivity contribution in [1.82, 2.24) is 9.80 Å². The van der Waals surface area contributed by atoms with E-state index in [4.69, 9.17) is 9.47 Å². The molecule has 2 aromatic carbocycles. The van der Waals surface area contributed by atoms with Gasteiger partial charge in [0.05, 0.1) is 31.4 Å². The Bertz CT molecular complexity index is 976. The number of carbonyl (C=O) groups excluding carboxylic acids is 2. The molecule has 4 rings (SSSR count).